The van der Waals surface area contributed by atoms with Crippen LogP contribution >= 0.6 is 0 Å². The molecule has 0 spiro atoms. The molecule has 1 aliphatic rings. The van der Waals surface area contributed by atoms with Crippen LogP contribution in [0.3, 0.4) is 0 Å². The Hall–Kier alpha value is -3.42. The highest BCUT2D eigenvalue weighted by atomic mass is 16.7. The molecule has 0 aliphatic heterocycles. The van der Waals surface area contributed by atoms with Gasteiger partial charge < -0.3 is 56.8 Å². The summed E-state index contributed by atoms with van der Waals surface area (Å²) in [6.07, 6.45) is -2.47. The normalized spacial score (nSPS) is 19.2. The molecule has 0 radical (unpaired) electrons. The van der Waals surface area contributed by atoms with Crippen molar-refractivity contribution in [1.82, 2.24) is 0 Å². The Labute approximate surface area is 393 Å². The maximum Gasteiger partial charge on any atom is 0.308 e. The van der Waals surface area contributed by atoms with E-state index >= 15 is 0 Å². The first-order valence-corrected chi connectivity index (χ1v) is 24.7. The predicted octanol–water partition coefficient (Wildman–Crippen LogP) is 6.71. The van der Waals surface area contributed by atoms with Gasteiger partial charge in [0.1, 0.15) is 0 Å². The van der Waals surface area contributed by atoms with Crippen LogP contribution in [0.2, 0.25) is 0 Å². The third kappa shape index (κ3) is 28.7. The summed E-state index contributed by atoms with van der Waals surface area (Å²) < 4.78 is 70.0. The molecule has 0 unspecified atom stereocenters. The van der Waals surface area contributed by atoms with E-state index < -0.39 is 72.4 Å². The summed E-state index contributed by atoms with van der Waals surface area (Å²) in [4.78, 5) is 82.5. The second-order valence-corrected chi connectivity index (χ2v) is 16.0. The summed E-state index contributed by atoms with van der Waals surface area (Å²) in [5.41, 5.74) is 0. The molecule has 66 heavy (non-hydrogen) atoms. The SMILES string of the molecule is CCCCOCCC(=O)OC1C(OC(=O)CCOCCCC)C(OC(=O)CCOCCCC)C(OC(=O)CCOCCCC)C(OC(=O)CCOCCCC)C1OC(=O)CCOCCCC. The van der Waals surface area contributed by atoms with E-state index in [2.05, 4.69) is 0 Å². The lowest BCUT2D eigenvalue weighted by Gasteiger charge is -2.47. The van der Waals surface area contributed by atoms with Gasteiger partial charge in [-0.3, -0.25) is 28.8 Å². The molecule has 1 saturated carbocycles. The standard InChI is InChI=1S/C48H84O18/c1-7-13-25-55-31-19-37(49)61-43-44(62-38(50)20-32-56-26-14-8-2)46(64-40(52)22-34-58-28-16-10-4)48(66-42(54)24-36-60-30-18-12-6)47(65-41(53)23-35-59-29-17-11-5)45(43)63-39(51)21-33-57-27-15-9-3/h43-48H,7-36H2,1-6H3. The summed E-state index contributed by atoms with van der Waals surface area (Å²) >= 11 is 0. The van der Waals surface area contributed by atoms with E-state index in [-0.39, 0.29) is 78.2 Å². The number of carbonyl (C=O) groups is 6. The summed E-state index contributed by atoms with van der Waals surface area (Å²) in [7, 11) is 0. The average Bonchev–Trinajstić information content (AvgIpc) is 3.29. The van der Waals surface area contributed by atoms with Crippen molar-refractivity contribution in [3.63, 3.8) is 0 Å². The van der Waals surface area contributed by atoms with Crippen LogP contribution in [0.25, 0.3) is 0 Å². The largest absolute Gasteiger partial charge is 0.454 e. The number of esters is 6. The van der Waals surface area contributed by atoms with E-state index in [1.807, 2.05) is 41.5 Å². The molecule has 0 aromatic heterocycles. The van der Waals surface area contributed by atoms with Crippen LogP contribution in [0.5, 0.6) is 0 Å². The fourth-order valence-electron chi connectivity index (χ4n) is 6.21. The van der Waals surface area contributed by atoms with Crippen molar-refractivity contribution in [2.45, 2.75) is 194 Å². The first-order valence-electron chi connectivity index (χ1n) is 24.7. The molecule has 384 valence electrons. The van der Waals surface area contributed by atoms with E-state index in [0.29, 0.717) is 39.6 Å². The quantitative estimate of drug-likeness (QED) is 0.0353. The van der Waals surface area contributed by atoms with Gasteiger partial charge in [0.2, 0.25) is 0 Å². The van der Waals surface area contributed by atoms with Gasteiger partial charge in [-0.2, -0.15) is 0 Å². The molecule has 18 nitrogen and oxygen atoms in total. The molecule has 0 aromatic rings. The molecule has 0 bridgehead atoms. The highest BCUT2D eigenvalue weighted by molar-refractivity contribution is 5.74. The van der Waals surface area contributed by atoms with Crippen LogP contribution in [0.15, 0.2) is 0 Å². The minimum Gasteiger partial charge on any atom is -0.454 e. The molecule has 18 heteroatoms. The number of ether oxygens (including phenoxy) is 12. The number of carbonyl (C=O) groups excluding carboxylic acids is 6. The van der Waals surface area contributed by atoms with Crippen molar-refractivity contribution in [3.8, 4) is 0 Å². The van der Waals surface area contributed by atoms with Crippen LogP contribution in [-0.2, 0) is 85.6 Å². The van der Waals surface area contributed by atoms with Crippen LogP contribution in [-0.4, -0.2) is 152 Å². The molecule has 0 saturated heterocycles. The molecule has 0 amide bonds. The van der Waals surface area contributed by atoms with Gasteiger partial charge in [0.25, 0.3) is 0 Å². The lowest BCUT2D eigenvalue weighted by Crippen LogP contribution is -2.69. The Morgan fingerprint density at radius 2 is 0.379 bits per heavy atom. The highest BCUT2D eigenvalue weighted by Crippen LogP contribution is 2.35. The van der Waals surface area contributed by atoms with Gasteiger partial charge in [-0.1, -0.05) is 80.1 Å². The van der Waals surface area contributed by atoms with E-state index in [1.165, 1.54) is 0 Å². The minimum absolute atomic E-state index is 0.0296. The van der Waals surface area contributed by atoms with E-state index in [9.17, 15) is 28.8 Å². The minimum atomic E-state index is -1.77. The Morgan fingerprint density at radius 3 is 0.500 bits per heavy atom. The molecule has 0 atom stereocenters. The summed E-state index contributed by atoms with van der Waals surface area (Å²) in [5, 5.41) is 0. The fraction of sp³-hybridized carbons (Fsp3) is 0.875. The van der Waals surface area contributed by atoms with Crippen LogP contribution in [0, 0.1) is 0 Å². The zero-order valence-corrected chi connectivity index (χ0v) is 41.0. The Kier molecular flexibility index (Phi) is 37.3. The van der Waals surface area contributed by atoms with Crippen molar-refractivity contribution in [1.29, 1.82) is 0 Å². The zero-order valence-electron chi connectivity index (χ0n) is 41.0. The van der Waals surface area contributed by atoms with E-state index in [1.54, 1.807) is 0 Å². The number of hydrogen-bond acceptors (Lipinski definition) is 18. The molecule has 1 rings (SSSR count). The third-order valence-corrected chi connectivity index (χ3v) is 10.1. The topological polar surface area (TPSA) is 213 Å². The molecule has 0 N–H and O–H groups in total. The summed E-state index contributed by atoms with van der Waals surface area (Å²) in [5.74, 6) is -5.12. The maximum atomic E-state index is 13.7. The summed E-state index contributed by atoms with van der Waals surface area (Å²) in [6.45, 7) is 14.2. The molecule has 1 fully saturated rings. The number of unbranched alkanes of at least 4 members (excludes halogenated alkanes) is 6. The monoisotopic (exact) mass is 949 g/mol. The van der Waals surface area contributed by atoms with Crippen molar-refractivity contribution in [3.05, 3.63) is 0 Å². The average molecular weight is 949 g/mol. The second kappa shape index (κ2) is 40.6. The first-order chi connectivity index (χ1) is 32.1. The number of rotatable bonds is 42. The summed E-state index contributed by atoms with van der Waals surface area (Å²) in [6, 6.07) is 0. The van der Waals surface area contributed by atoms with E-state index in [0.717, 1.165) is 77.0 Å². The second-order valence-electron chi connectivity index (χ2n) is 16.0. The van der Waals surface area contributed by atoms with Crippen molar-refractivity contribution >= 4 is 35.8 Å². The molecular formula is C48H84O18. The van der Waals surface area contributed by atoms with Crippen molar-refractivity contribution in [2.75, 3.05) is 79.3 Å². The molecule has 0 heterocycles. The zero-order chi connectivity index (χ0) is 48.6. The van der Waals surface area contributed by atoms with Gasteiger partial charge >= 0.3 is 35.8 Å². The molecular weight excluding hydrogens is 865 g/mol. The van der Waals surface area contributed by atoms with Gasteiger partial charge in [-0.05, 0) is 38.5 Å². The van der Waals surface area contributed by atoms with Crippen molar-refractivity contribution < 1.29 is 85.6 Å². The third-order valence-electron chi connectivity index (χ3n) is 10.1. The fourth-order valence-corrected chi connectivity index (χ4v) is 6.21. The van der Waals surface area contributed by atoms with Gasteiger partial charge in [0, 0.05) is 39.6 Å². The Morgan fingerprint density at radius 1 is 0.242 bits per heavy atom. The molecule has 1 aliphatic carbocycles. The molecule has 0 aromatic carbocycles. The van der Waals surface area contributed by atoms with Crippen molar-refractivity contribution in [2.24, 2.45) is 0 Å². The lowest BCUT2D eigenvalue weighted by atomic mass is 9.83. The van der Waals surface area contributed by atoms with Gasteiger partial charge in [0.05, 0.1) is 78.2 Å². The van der Waals surface area contributed by atoms with Gasteiger partial charge in [-0.15, -0.1) is 0 Å². The highest BCUT2D eigenvalue weighted by Gasteiger charge is 2.61. The van der Waals surface area contributed by atoms with Crippen LogP contribution in [0.1, 0.15) is 157 Å². The first kappa shape index (κ1) is 60.6. The van der Waals surface area contributed by atoms with Gasteiger partial charge in [0.15, 0.2) is 36.6 Å². The Balaban J connectivity index is 3.97. The van der Waals surface area contributed by atoms with Crippen LogP contribution in [0.4, 0.5) is 0 Å². The maximum absolute atomic E-state index is 13.7. The van der Waals surface area contributed by atoms with Crippen LogP contribution < -0.4 is 0 Å². The smallest absolute Gasteiger partial charge is 0.308 e. The van der Waals surface area contributed by atoms with Gasteiger partial charge in [-0.25, -0.2) is 0 Å². The number of hydrogen-bond donors (Lipinski definition) is 0. The Bertz CT molecular complexity index is 1040. The lowest BCUT2D eigenvalue weighted by molar-refractivity contribution is -0.262. The van der Waals surface area contributed by atoms with E-state index in [4.69, 9.17) is 56.8 Å². The predicted molar refractivity (Wildman–Crippen MR) is 241 cm³/mol.